The molecular weight excluding hydrogens is 402 g/mol. The van der Waals surface area contributed by atoms with Gasteiger partial charge < -0.3 is 21.1 Å². The van der Waals surface area contributed by atoms with Gasteiger partial charge in [0.15, 0.2) is 0 Å². The molecule has 3 rings (SSSR count). The SMILES string of the molecule is Cc1ccc(CNC(=O)c2cnc3nc2NCCCCC(O)CCCCCCCN3)cc1. The summed E-state index contributed by atoms with van der Waals surface area (Å²) in [4.78, 5) is 21.8. The minimum atomic E-state index is -0.207. The standard InChI is InChI=1S/C25H37N5O2/c1-19-11-13-20(14-12-19)17-28-24(32)22-18-29-25-27-16-7-4-2-3-5-9-21(31)10-6-8-15-26-23(22)30-25/h11-14,18,21,31H,2-10,15-17H2,1H3,(H,28,32)(H2,26,27,29,30). The summed E-state index contributed by atoms with van der Waals surface area (Å²) in [5.74, 6) is 0.900. The van der Waals surface area contributed by atoms with Crippen LogP contribution in [-0.2, 0) is 6.54 Å². The summed E-state index contributed by atoms with van der Waals surface area (Å²) in [6.45, 7) is 4.00. The number of aliphatic hydroxyl groups is 1. The second kappa shape index (κ2) is 13.0. The van der Waals surface area contributed by atoms with Crippen LogP contribution < -0.4 is 16.0 Å². The molecule has 1 amide bonds. The van der Waals surface area contributed by atoms with E-state index in [-0.39, 0.29) is 12.0 Å². The second-order valence-corrected chi connectivity index (χ2v) is 8.68. The molecule has 7 heteroatoms. The van der Waals surface area contributed by atoms with Crippen molar-refractivity contribution in [3.8, 4) is 0 Å². The molecule has 4 N–H and O–H groups in total. The first-order chi connectivity index (χ1) is 15.6. The van der Waals surface area contributed by atoms with E-state index in [9.17, 15) is 9.90 Å². The summed E-state index contributed by atoms with van der Waals surface area (Å²) in [7, 11) is 0. The maximum Gasteiger partial charge on any atom is 0.256 e. The summed E-state index contributed by atoms with van der Waals surface area (Å²) in [6, 6.07) is 8.11. The molecule has 1 atom stereocenters. The van der Waals surface area contributed by atoms with Crippen LogP contribution in [0.15, 0.2) is 30.5 Å². The minimum Gasteiger partial charge on any atom is -0.393 e. The molecule has 0 aliphatic carbocycles. The van der Waals surface area contributed by atoms with Gasteiger partial charge in [-0.15, -0.1) is 0 Å². The number of nitrogens with one attached hydrogen (secondary N) is 3. The van der Waals surface area contributed by atoms with Crippen molar-refractivity contribution in [2.45, 2.75) is 77.4 Å². The zero-order chi connectivity index (χ0) is 22.6. The highest BCUT2D eigenvalue weighted by Crippen LogP contribution is 2.17. The molecule has 0 spiro atoms. The molecule has 0 fully saturated rings. The van der Waals surface area contributed by atoms with Gasteiger partial charge in [-0.05, 0) is 44.6 Å². The van der Waals surface area contributed by atoms with Crippen molar-refractivity contribution >= 4 is 17.7 Å². The van der Waals surface area contributed by atoms with Crippen LogP contribution in [0, 0.1) is 6.92 Å². The summed E-state index contributed by atoms with van der Waals surface area (Å²) >= 11 is 0. The Labute approximate surface area is 191 Å². The molecule has 2 heterocycles. The molecular formula is C25H37N5O2. The van der Waals surface area contributed by atoms with E-state index in [4.69, 9.17) is 0 Å². The lowest BCUT2D eigenvalue weighted by Crippen LogP contribution is -2.25. The Morgan fingerprint density at radius 3 is 2.47 bits per heavy atom. The van der Waals surface area contributed by atoms with Crippen LogP contribution in [0.5, 0.6) is 0 Å². The molecule has 0 radical (unpaired) electrons. The van der Waals surface area contributed by atoms with Crippen molar-refractivity contribution in [3.05, 3.63) is 47.2 Å². The van der Waals surface area contributed by atoms with Gasteiger partial charge in [0.25, 0.3) is 5.91 Å². The third-order valence-electron chi connectivity index (χ3n) is 5.86. The van der Waals surface area contributed by atoms with Crippen molar-refractivity contribution in [2.75, 3.05) is 23.7 Å². The van der Waals surface area contributed by atoms with Gasteiger partial charge in [-0.25, -0.2) is 4.98 Å². The molecule has 0 saturated heterocycles. The number of rotatable bonds is 3. The van der Waals surface area contributed by atoms with E-state index >= 15 is 0 Å². The number of benzene rings is 1. The smallest absolute Gasteiger partial charge is 0.256 e. The van der Waals surface area contributed by atoms with Crippen LogP contribution in [0.3, 0.4) is 0 Å². The Balaban J connectivity index is 1.64. The van der Waals surface area contributed by atoms with Crippen molar-refractivity contribution in [2.24, 2.45) is 0 Å². The molecule has 7 nitrogen and oxygen atoms in total. The Kier molecular flexibility index (Phi) is 9.75. The zero-order valence-corrected chi connectivity index (χ0v) is 19.2. The van der Waals surface area contributed by atoms with Gasteiger partial charge in [0, 0.05) is 25.8 Å². The van der Waals surface area contributed by atoms with E-state index in [1.54, 1.807) is 6.20 Å². The first-order valence-corrected chi connectivity index (χ1v) is 12.0. The average Bonchev–Trinajstić information content (AvgIpc) is 2.80. The summed E-state index contributed by atoms with van der Waals surface area (Å²) in [5, 5.41) is 19.7. The van der Waals surface area contributed by atoms with Crippen LogP contribution in [-0.4, -0.2) is 40.2 Å². The van der Waals surface area contributed by atoms with Gasteiger partial charge in [-0.3, -0.25) is 4.79 Å². The van der Waals surface area contributed by atoms with E-state index in [0.717, 1.165) is 57.1 Å². The topological polar surface area (TPSA) is 99.2 Å². The lowest BCUT2D eigenvalue weighted by Gasteiger charge is -2.14. The van der Waals surface area contributed by atoms with Gasteiger partial charge in [-0.1, -0.05) is 55.5 Å². The first-order valence-electron chi connectivity index (χ1n) is 12.0. The van der Waals surface area contributed by atoms with E-state index in [2.05, 4.69) is 25.9 Å². The predicted molar refractivity (Wildman–Crippen MR) is 129 cm³/mol. The Morgan fingerprint density at radius 2 is 1.66 bits per heavy atom. The largest absolute Gasteiger partial charge is 0.393 e. The van der Waals surface area contributed by atoms with Crippen LogP contribution in [0.1, 0.15) is 79.3 Å². The first kappa shape index (κ1) is 24.0. The Hall–Kier alpha value is -2.67. The maximum atomic E-state index is 12.9. The highest BCUT2D eigenvalue weighted by molar-refractivity contribution is 5.98. The lowest BCUT2D eigenvalue weighted by molar-refractivity contribution is 0.0951. The van der Waals surface area contributed by atoms with Crippen LogP contribution in [0.4, 0.5) is 11.8 Å². The highest BCUT2D eigenvalue weighted by Gasteiger charge is 2.15. The number of aryl methyl sites for hydroxylation is 1. The fraction of sp³-hybridized carbons (Fsp3) is 0.560. The molecule has 1 aliphatic heterocycles. The molecule has 2 bridgehead atoms. The molecule has 174 valence electrons. The van der Waals surface area contributed by atoms with Gasteiger partial charge in [0.05, 0.1) is 6.10 Å². The number of amides is 1. The fourth-order valence-electron chi connectivity index (χ4n) is 3.84. The van der Waals surface area contributed by atoms with Crippen molar-refractivity contribution < 1.29 is 9.90 Å². The van der Waals surface area contributed by atoms with Crippen molar-refractivity contribution in [1.29, 1.82) is 0 Å². The average molecular weight is 440 g/mol. The predicted octanol–water partition coefficient (Wildman–Crippen LogP) is 4.42. The number of hydrogen-bond donors (Lipinski definition) is 4. The Morgan fingerprint density at radius 1 is 1.00 bits per heavy atom. The quantitative estimate of drug-likeness (QED) is 0.565. The van der Waals surface area contributed by atoms with E-state index in [1.807, 2.05) is 31.2 Å². The monoisotopic (exact) mass is 439 g/mol. The molecule has 1 aromatic heterocycles. The molecule has 1 aromatic carbocycles. The number of nitrogens with zero attached hydrogens (tertiary/aromatic N) is 2. The van der Waals surface area contributed by atoms with E-state index < -0.39 is 0 Å². The zero-order valence-electron chi connectivity index (χ0n) is 19.2. The number of carbonyl (C=O) groups excluding carboxylic acids is 1. The summed E-state index contributed by atoms with van der Waals surface area (Å²) < 4.78 is 0. The molecule has 2 aromatic rings. The van der Waals surface area contributed by atoms with E-state index in [1.165, 1.54) is 18.4 Å². The number of fused-ring (bicyclic) bond motifs is 2. The highest BCUT2D eigenvalue weighted by atomic mass is 16.3. The summed E-state index contributed by atoms with van der Waals surface area (Å²) in [5.41, 5.74) is 2.69. The van der Waals surface area contributed by atoms with Crippen LogP contribution in [0.25, 0.3) is 0 Å². The van der Waals surface area contributed by atoms with E-state index in [0.29, 0.717) is 30.4 Å². The molecule has 1 unspecified atom stereocenters. The third-order valence-corrected chi connectivity index (χ3v) is 5.86. The van der Waals surface area contributed by atoms with Gasteiger partial charge in [0.1, 0.15) is 11.4 Å². The lowest BCUT2D eigenvalue weighted by atomic mass is 10.0. The Bertz CT molecular complexity index is 841. The van der Waals surface area contributed by atoms with Gasteiger partial charge in [-0.2, -0.15) is 4.98 Å². The number of hydrogen-bond acceptors (Lipinski definition) is 6. The van der Waals surface area contributed by atoms with Crippen molar-refractivity contribution in [3.63, 3.8) is 0 Å². The minimum absolute atomic E-state index is 0.194. The third kappa shape index (κ3) is 8.11. The number of aromatic nitrogens is 2. The second-order valence-electron chi connectivity index (χ2n) is 8.68. The van der Waals surface area contributed by atoms with Crippen LogP contribution >= 0.6 is 0 Å². The molecule has 1 aliphatic rings. The number of anilines is 2. The maximum absolute atomic E-state index is 12.9. The van der Waals surface area contributed by atoms with Gasteiger partial charge in [0.2, 0.25) is 5.95 Å². The van der Waals surface area contributed by atoms with Crippen LogP contribution in [0.2, 0.25) is 0 Å². The molecule has 0 saturated carbocycles. The molecule has 32 heavy (non-hydrogen) atoms. The van der Waals surface area contributed by atoms with Gasteiger partial charge >= 0.3 is 0 Å². The number of aliphatic hydroxyl groups excluding tert-OH is 1. The summed E-state index contributed by atoms with van der Waals surface area (Å²) in [6.07, 6.45) is 10.6. The normalized spacial score (nSPS) is 18.6. The van der Waals surface area contributed by atoms with Crippen molar-refractivity contribution in [1.82, 2.24) is 15.3 Å². The fourth-order valence-corrected chi connectivity index (χ4v) is 3.84. The number of carbonyl (C=O) groups is 1.